The van der Waals surface area contributed by atoms with Crippen LogP contribution in [0.5, 0.6) is 0 Å². The second-order valence-electron chi connectivity index (χ2n) is 3.05. The van der Waals surface area contributed by atoms with Crippen LogP contribution in [0.15, 0.2) is 0 Å². The van der Waals surface area contributed by atoms with E-state index in [9.17, 15) is 4.91 Å². The minimum atomic E-state index is 0.764. The van der Waals surface area contributed by atoms with Gasteiger partial charge in [-0.3, -0.25) is 0 Å². The van der Waals surface area contributed by atoms with Gasteiger partial charge in [-0.2, -0.15) is 0 Å². The molecule has 0 spiro atoms. The predicted molar refractivity (Wildman–Crippen MR) is 41.1 cm³/mol. The van der Waals surface area contributed by atoms with Crippen molar-refractivity contribution in [1.82, 2.24) is 0 Å². The van der Waals surface area contributed by atoms with Crippen molar-refractivity contribution in [3.05, 3.63) is 4.91 Å². The van der Waals surface area contributed by atoms with E-state index in [1.165, 1.54) is 30.4 Å². The van der Waals surface area contributed by atoms with Crippen LogP contribution in [0.1, 0.15) is 38.5 Å². The van der Waals surface area contributed by atoms with Crippen molar-refractivity contribution in [1.29, 1.82) is 0 Å². The van der Waals surface area contributed by atoms with Crippen LogP contribution >= 0.6 is 0 Å². The average Bonchev–Trinajstić information content (AvgIpc) is 2.02. The van der Waals surface area contributed by atoms with E-state index in [0.29, 0.717) is 0 Å². The van der Waals surface area contributed by atoms with Gasteiger partial charge in [-0.1, -0.05) is 12.8 Å². The van der Waals surface area contributed by atoms with Crippen LogP contribution in [0.25, 0.3) is 0 Å². The minimum Gasteiger partial charge on any atom is -0.0531 e. The van der Waals surface area contributed by atoms with Crippen LogP contribution in [0.4, 0.5) is 0 Å². The van der Waals surface area contributed by atoms with Gasteiger partial charge in [-0.25, -0.2) is 0 Å². The molecule has 0 unspecified atom stereocenters. The normalized spacial score (nSPS) is 23.0. The monoisotopic (exact) mass is 142 g/mol. The zero-order valence-electron chi connectivity index (χ0n) is 6.51. The second-order valence-corrected chi connectivity index (χ2v) is 3.05. The molecule has 58 valence electrons. The molecule has 1 aliphatic rings. The van der Waals surface area contributed by atoms with E-state index in [1.807, 2.05) is 0 Å². The van der Waals surface area contributed by atoms with Gasteiger partial charge in [0, 0.05) is 17.7 Å². The highest BCUT2D eigenvalue weighted by Gasteiger charge is 2.08. The third kappa shape index (κ3) is 2.95. The molecule has 0 aromatic carbocycles. The summed E-state index contributed by atoms with van der Waals surface area (Å²) in [7, 11) is 0. The molecule has 1 heterocycles. The molecule has 1 aliphatic heterocycles. The number of nitrogens with zero attached hydrogens (tertiary/aromatic N) is 1. The Kier molecular flexibility index (Phi) is 3.41. The van der Waals surface area contributed by atoms with Gasteiger partial charge < -0.3 is 0 Å². The first-order chi connectivity index (χ1) is 4.89. The van der Waals surface area contributed by atoms with Crippen LogP contribution in [0.2, 0.25) is 0 Å². The Morgan fingerprint density at radius 3 is 1.60 bits per heavy atom. The topological polar surface area (TPSA) is 20.1 Å². The number of hydrogen-bond acceptors (Lipinski definition) is 1. The lowest BCUT2D eigenvalue weighted by Crippen LogP contribution is -2.10. The highest BCUT2D eigenvalue weighted by Crippen LogP contribution is 2.08. The first kappa shape index (κ1) is 7.70. The van der Waals surface area contributed by atoms with Crippen LogP contribution in [0, 0.1) is 4.91 Å². The van der Waals surface area contributed by atoms with Crippen molar-refractivity contribution in [3.63, 3.8) is 0 Å². The molecule has 0 N–H and O–H groups in total. The lowest BCUT2D eigenvalue weighted by Gasteiger charge is -1.91. The Morgan fingerprint density at radius 2 is 1.10 bits per heavy atom. The molecule has 0 aromatic heterocycles. The summed E-state index contributed by atoms with van der Waals surface area (Å²) in [4.78, 5) is 10.9. The molecule has 0 aliphatic carbocycles. The zero-order valence-corrected chi connectivity index (χ0v) is 6.51. The van der Waals surface area contributed by atoms with Crippen molar-refractivity contribution in [2.75, 3.05) is 13.1 Å². The number of rotatable bonds is 0. The van der Waals surface area contributed by atoms with E-state index in [1.54, 1.807) is 0 Å². The third-order valence-electron chi connectivity index (χ3n) is 2.07. The smallest absolute Gasteiger partial charge is 0.0531 e. The van der Waals surface area contributed by atoms with E-state index >= 15 is 0 Å². The molecule has 1 rings (SSSR count). The Balaban J connectivity index is 2.21. The minimum absolute atomic E-state index is 0.764. The van der Waals surface area contributed by atoms with E-state index in [-0.39, 0.29) is 0 Å². The molecule has 1 saturated heterocycles. The Labute approximate surface area is 62.2 Å². The molecule has 10 heavy (non-hydrogen) atoms. The largest absolute Gasteiger partial charge is 0.192 e. The summed E-state index contributed by atoms with van der Waals surface area (Å²) < 4.78 is 1.21. The Morgan fingerprint density at radius 1 is 0.700 bits per heavy atom. The molecular formula is C8H16NO+. The van der Waals surface area contributed by atoms with Gasteiger partial charge in [0.25, 0.3) is 0 Å². The molecule has 0 atom stereocenters. The van der Waals surface area contributed by atoms with Crippen molar-refractivity contribution < 1.29 is 4.76 Å². The Hall–Kier alpha value is -0.400. The van der Waals surface area contributed by atoms with E-state index < -0.39 is 0 Å². The number of nitroso groups, excluding NO2 is 1. The Bertz CT molecular complexity index is 99.8. The first-order valence-corrected chi connectivity index (χ1v) is 4.32. The predicted octanol–water partition coefficient (Wildman–Crippen LogP) is 2.12. The van der Waals surface area contributed by atoms with E-state index in [2.05, 4.69) is 0 Å². The molecular weight excluding hydrogens is 126 g/mol. The van der Waals surface area contributed by atoms with Crippen LogP contribution in [0.3, 0.4) is 0 Å². The SMILES string of the molecule is O=[N+]1CCCCCCCC1. The van der Waals surface area contributed by atoms with Crippen molar-refractivity contribution >= 4 is 0 Å². The van der Waals surface area contributed by atoms with E-state index in [0.717, 1.165) is 25.9 Å². The van der Waals surface area contributed by atoms with Gasteiger partial charge in [0.05, 0.1) is 0 Å². The summed E-state index contributed by atoms with van der Waals surface area (Å²) in [6, 6.07) is 0. The van der Waals surface area contributed by atoms with Crippen LogP contribution in [-0.4, -0.2) is 17.8 Å². The van der Waals surface area contributed by atoms with Gasteiger partial charge in [-0.15, -0.1) is 0 Å². The highest BCUT2D eigenvalue weighted by molar-refractivity contribution is 4.46. The first-order valence-electron chi connectivity index (χ1n) is 4.32. The van der Waals surface area contributed by atoms with Gasteiger partial charge in [0.1, 0.15) is 0 Å². The summed E-state index contributed by atoms with van der Waals surface area (Å²) in [5.74, 6) is 0. The quantitative estimate of drug-likeness (QED) is 0.474. The molecule has 0 bridgehead atoms. The number of hydrogen-bond donors (Lipinski definition) is 0. The molecule has 0 radical (unpaired) electrons. The second kappa shape index (κ2) is 4.42. The summed E-state index contributed by atoms with van der Waals surface area (Å²) in [6.07, 6.45) is 7.35. The summed E-state index contributed by atoms with van der Waals surface area (Å²) in [6.45, 7) is 1.53. The molecule has 2 heteroatoms. The lowest BCUT2D eigenvalue weighted by molar-refractivity contribution is -0.549. The van der Waals surface area contributed by atoms with Crippen molar-refractivity contribution in [3.8, 4) is 0 Å². The fourth-order valence-corrected chi connectivity index (χ4v) is 1.40. The molecule has 0 aromatic rings. The van der Waals surface area contributed by atoms with Crippen LogP contribution in [-0.2, 0) is 0 Å². The van der Waals surface area contributed by atoms with Crippen molar-refractivity contribution in [2.24, 2.45) is 0 Å². The van der Waals surface area contributed by atoms with Gasteiger partial charge in [0.15, 0.2) is 13.1 Å². The molecule has 0 saturated carbocycles. The highest BCUT2D eigenvalue weighted by atomic mass is 16.3. The van der Waals surface area contributed by atoms with Gasteiger partial charge in [0.2, 0.25) is 0 Å². The maximum Gasteiger partial charge on any atom is 0.192 e. The van der Waals surface area contributed by atoms with E-state index in [4.69, 9.17) is 0 Å². The van der Waals surface area contributed by atoms with Crippen LogP contribution < -0.4 is 0 Å². The standard InChI is InChI=1S/C8H16NO/c10-9-7-5-3-1-2-4-6-8-9/h1-8H2/q+1. The fourth-order valence-electron chi connectivity index (χ4n) is 1.40. The maximum atomic E-state index is 10.9. The fraction of sp³-hybridized carbons (Fsp3) is 1.00. The third-order valence-corrected chi connectivity index (χ3v) is 2.07. The summed E-state index contributed by atoms with van der Waals surface area (Å²) in [5, 5.41) is 0. The summed E-state index contributed by atoms with van der Waals surface area (Å²) in [5.41, 5.74) is 0. The summed E-state index contributed by atoms with van der Waals surface area (Å²) >= 11 is 0. The molecule has 0 amide bonds. The molecule has 1 fully saturated rings. The van der Waals surface area contributed by atoms with Gasteiger partial charge >= 0.3 is 0 Å². The van der Waals surface area contributed by atoms with Crippen molar-refractivity contribution in [2.45, 2.75) is 38.5 Å². The molecule has 2 nitrogen and oxygen atoms in total. The lowest BCUT2D eigenvalue weighted by atomic mass is 10.1. The maximum absolute atomic E-state index is 10.9. The van der Waals surface area contributed by atoms with Gasteiger partial charge in [-0.05, 0) is 17.6 Å². The average molecular weight is 142 g/mol. The zero-order chi connectivity index (χ0) is 7.23.